The van der Waals surface area contributed by atoms with Crippen molar-refractivity contribution in [3.8, 4) is 11.3 Å². The Morgan fingerprint density at radius 1 is 0.840 bits per heavy atom. The van der Waals surface area contributed by atoms with Gasteiger partial charge in [-0.15, -0.1) is 0 Å². The quantitative estimate of drug-likeness (QED) is 0.514. The second-order valence-electron chi connectivity index (χ2n) is 5.70. The van der Waals surface area contributed by atoms with Crippen LogP contribution in [0.1, 0.15) is 22.3 Å². The largest absolute Gasteiger partial charge is 0.416 e. The molecular formula is C21H16F3N. The SMILES string of the molecule is Cc1ccccc1/C=C/c1cc(C(F)(F)F)ccc1-c1ccccn1. The molecule has 0 spiro atoms. The average Bonchev–Trinajstić information content (AvgIpc) is 2.61. The third-order valence-corrected chi connectivity index (χ3v) is 3.95. The molecule has 126 valence electrons. The third kappa shape index (κ3) is 3.97. The lowest BCUT2D eigenvalue weighted by Gasteiger charge is -2.11. The topological polar surface area (TPSA) is 12.9 Å². The lowest BCUT2D eigenvalue weighted by Crippen LogP contribution is -2.05. The first-order valence-corrected chi connectivity index (χ1v) is 7.81. The Morgan fingerprint density at radius 2 is 1.56 bits per heavy atom. The first-order valence-electron chi connectivity index (χ1n) is 7.81. The predicted molar refractivity (Wildman–Crippen MR) is 94.8 cm³/mol. The van der Waals surface area contributed by atoms with Gasteiger partial charge in [0.1, 0.15) is 0 Å². The molecule has 0 N–H and O–H groups in total. The first kappa shape index (κ1) is 17.0. The standard InChI is InChI=1S/C21H16F3N/c1-15-6-2-3-7-16(15)9-10-17-14-18(21(22,23)24)11-12-19(17)20-8-4-5-13-25-20/h2-14H,1H3/b10-9+. The third-order valence-electron chi connectivity index (χ3n) is 3.95. The fourth-order valence-corrected chi connectivity index (χ4v) is 2.59. The van der Waals surface area contributed by atoms with E-state index in [2.05, 4.69) is 4.98 Å². The highest BCUT2D eigenvalue weighted by Gasteiger charge is 2.30. The minimum Gasteiger partial charge on any atom is -0.256 e. The summed E-state index contributed by atoms with van der Waals surface area (Å²) in [6.45, 7) is 1.96. The zero-order valence-electron chi connectivity index (χ0n) is 13.6. The number of rotatable bonds is 3. The zero-order chi connectivity index (χ0) is 17.9. The molecule has 0 amide bonds. The maximum absolute atomic E-state index is 13.1. The van der Waals surface area contributed by atoms with Gasteiger partial charge in [0.15, 0.2) is 0 Å². The van der Waals surface area contributed by atoms with Gasteiger partial charge < -0.3 is 0 Å². The van der Waals surface area contributed by atoms with Gasteiger partial charge in [0, 0.05) is 11.8 Å². The van der Waals surface area contributed by atoms with Crippen LogP contribution in [0, 0.1) is 6.92 Å². The second kappa shape index (κ2) is 6.93. The summed E-state index contributed by atoms with van der Waals surface area (Å²) in [7, 11) is 0. The fraction of sp³-hybridized carbons (Fsp3) is 0.0952. The molecule has 2 aromatic carbocycles. The van der Waals surface area contributed by atoms with Gasteiger partial charge in [-0.05, 0) is 47.9 Å². The van der Waals surface area contributed by atoms with E-state index in [1.54, 1.807) is 24.4 Å². The summed E-state index contributed by atoms with van der Waals surface area (Å²) < 4.78 is 39.3. The number of alkyl halides is 3. The van der Waals surface area contributed by atoms with E-state index in [1.165, 1.54) is 12.1 Å². The maximum Gasteiger partial charge on any atom is 0.416 e. The summed E-state index contributed by atoms with van der Waals surface area (Å²) in [5, 5.41) is 0. The molecule has 1 nitrogen and oxygen atoms in total. The lowest BCUT2D eigenvalue weighted by atomic mass is 9.99. The Morgan fingerprint density at radius 3 is 2.24 bits per heavy atom. The Hall–Kier alpha value is -2.88. The van der Waals surface area contributed by atoms with Gasteiger partial charge in [0.25, 0.3) is 0 Å². The van der Waals surface area contributed by atoms with Crippen molar-refractivity contribution in [2.24, 2.45) is 0 Å². The van der Waals surface area contributed by atoms with E-state index < -0.39 is 11.7 Å². The van der Waals surface area contributed by atoms with E-state index in [-0.39, 0.29) is 0 Å². The predicted octanol–water partition coefficient (Wildman–Crippen LogP) is 6.25. The molecule has 25 heavy (non-hydrogen) atoms. The van der Waals surface area contributed by atoms with Gasteiger partial charge in [-0.3, -0.25) is 4.98 Å². The van der Waals surface area contributed by atoms with Crippen molar-refractivity contribution in [3.63, 3.8) is 0 Å². The highest BCUT2D eigenvalue weighted by molar-refractivity contribution is 5.80. The van der Waals surface area contributed by atoms with Gasteiger partial charge in [0.05, 0.1) is 11.3 Å². The summed E-state index contributed by atoms with van der Waals surface area (Å²) in [6.07, 6.45) is 0.786. The van der Waals surface area contributed by atoms with Crippen LogP contribution in [0.2, 0.25) is 0 Å². The van der Waals surface area contributed by atoms with E-state index in [4.69, 9.17) is 0 Å². The van der Waals surface area contributed by atoms with Crippen molar-refractivity contribution in [1.82, 2.24) is 4.98 Å². The van der Waals surface area contributed by atoms with Crippen LogP contribution in [0.25, 0.3) is 23.4 Å². The van der Waals surface area contributed by atoms with E-state index in [9.17, 15) is 13.2 Å². The van der Waals surface area contributed by atoms with Crippen molar-refractivity contribution in [2.45, 2.75) is 13.1 Å². The highest BCUT2D eigenvalue weighted by Crippen LogP contribution is 2.33. The van der Waals surface area contributed by atoms with E-state index in [0.29, 0.717) is 16.8 Å². The molecule has 3 rings (SSSR count). The molecule has 0 aliphatic carbocycles. The molecule has 4 heteroatoms. The molecule has 3 aromatic rings. The molecule has 1 aromatic heterocycles. The summed E-state index contributed by atoms with van der Waals surface area (Å²) in [6, 6.07) is 16.8. The van der Waals surface area contributed by atoms with Crippen LogP contribution in [-0.2, 0) is 6.18 Å². The summed E-state index contributed by atoms with van der Waals surface area (Å²) in [4.78, 5) is 4.26. The van der Waals surface area contributed by atoms with Crippen molar-refractivity contribution in [3.05, 3.63) is 89.1 Å². The number of hydrogen-bond acceptors (Lipinski definition) is 1. The molecule has 0 fully saturated rings. The minimum absolute atomic E-state index is 0.483. The molecular weight excluding hydrogens is 323 g/mol. The van der Waals surface area contributed by atoms with Crippen LogP contribution in [0.4, 0.5) is 13.2 Å². The molecule has 0 aliphatic rings. The number of halogens is 3. The van der Waals surface area contributed by atoms with Gasteiger partial charge in [-0.1, -0.05) is 48.6 Å². The van der Waals surface area contributed by atoms with Crippen LogP contribution in [0.5, 0.6) is 0 Å². The number of nitrogens with zero attached hydrogens (tertiary/aromatic N) is 1. The summed E-state index contributed by atoms with van der Waals surface area (Å²) in [5.74, 6) is 0. The summed E-state index contributed by atoms with van der Waals surface area (Å²) in [5.41, 5.74) is 3.14. The molecule has 0 atom stereocenters. The van der Waals surface area contributed by atoms with Crippen LogP contribution < -0.4 is 0 Å². The van der Waals surface area contributed by atoms with Crippen LogP contribution in [0.15, 0.2) is 66.9 Å². The monoisotopic (exact) mass is 339 g/mol. The second-order valence-corrected chi connectivity index (χ2v) is 5.70. The highest BCUT2D eigenvalue weighted by atomic mass is 19.4. The van der Waals surface area contributed by atoms with Gasteiger partial charge in [0.2, 0.25) is 0 Å². The molecule has 1 heterocycles. The van der Waals surface area contributed by atoms with Crippen molar-refractivity contribution in [1.29, 1.82) is 0 Å². The Bertz CT molecular complexity index is 897. The number of benzene rings is 2. The molecule has 0 saturated carbocycles. The Kier molecular flexibility index (Phi) is 4.70. The summed E-state index contributed by atoms with van der Waals surface area (Å²) >= 11 is 0. The number of aryl methyl sites for hydroxylation is 1. The van der Waals surface area contributed by atoms with Crippen LogP contribution in [0.3, 0.4) is 0 Å². The fourth-order valence-electron chi connectivity index (χ4n) is 2.59. The smallest absolute Gasteiger partial charge is 0.256 e. The first-order chi connectivity index (χ1) is 11.9. The van der Waals surface area contributed by atoms with Gasteiger partial charge >= 0.3 is 6.18 Å². The molecule has 0 bridgehead atoms. The number of pyridine rings is 1. The Labute approximate surface area is 144 Å². The van der Waals surface area contributed by atoms with Crippen molar-refractivity contribution in [2.75, 3.05) is 0 Å². The van der Waals surface area contributed by atoms with Gasteiger partial charge in [-0.25, -0.2) is 0 Å². The van der Waals surface area contributed by atoms with Crippen LogP contribution in [-0.4, -0.2) is 4.98 Å². The normalized spacial score (nSPS) is 11.8. The number of aromatic nitrogens is 1. The van der Waals surface area contributed by atoms with E-state index in [0.717, 1.165) is 17.2 Å². The maximum atomic E-state index is 13.1. The molecule has 0 saturated heterocycles. The lowest BCUT2D eigenvalue weighted by molar-refractivity contribution is -0.137. The average molecular weight is 339 g/mol. The van der Waals surface area contributed by atoms with E-state index >= 15 is 0 Å². The minimum atomic E-state index is -4.38. The van der Waals surface area contributed by atoms with Crippen molar-refractivity contribution >= 4 is 12.2 Å². The Balaban J connectivity index is 2.10. The zero-order valence-corrected chi connectivity index (χ0v) is 13.6. The van der Waals surface area contributed by atoms with E-state index in [1.807, 2.05) is 43.3 Å². The molecule has 0 aliphatic heterocycles. The van der Waals surface area contributed by atoms with Crippen molar-refractivity contribution < 1.29 is 13.2 Å². The number of hydrogen-bond donors (Lipinski definition) is 0. The molecule has 0 radical (unpaired) electrons. The van der Waals surface area contributed by atoms with Gasteiger partial charge in [-0.2, -0.15) is 13.2 Å². The molecule has 0 unspecified atom stereocenters. The van der Waals surface area contributed by atoms with Crippen LogP contribution >= 0.6 is 0 Å².